The molecule has 1 heterocycles. The minimum atomic E-state index is -4.51. The monoisotopic (exact) mass is 420 g/mol. The molecule has 0 aliphatic heterocycles. The van der Waals surface area contributed by atoms with Crippen LogP contribution in [0.15, 0.2) is 60.0 Å². The summed E-state index contributed by atoms with van der Waals surface area (Å²) in [5, 5.41) is 10.9. The second-order valence-electron chi connectivity index (χ2n) is 6.01. The highest BCUT2D eigenvalue weighted by molar-refractivity contribution is 7.99. The number of alkyl halides is 3. The first-order valence-corrected chi connectivity index (χ1v) is 9.34. The maximum atomic E-state index is 12.8. The molecular formula is C19H15F3N4O2S. The summed E-state index contributed by atoms with van der Waals surface area (Å²) < 4.78 is 40.1. The van der Waals surface area contributed by atoms with Gasteiger partial charge in [0.15, 0.2) is 10.9 Å². The van der Waals surface area contributed by atoms with Crippen LogP contribution in [0.4, 0.5) is 18.9 Å². The Kier molecular flexibility index (Phi) is 6.02. The van der Waals surface area contributed by atoms with Gasteiger partial charge < -0.3 is 5.32 Å². The van der Waals surface area contributed by atoms with Crippen molar-refractivity contribution in [1.29, 1.82) is 0 Å². The van der Waals surface area contributed by atoms with Crippen molar-refractivity contribution in [3.05, 3.63) is 66.0 Å². The van der Waals surface area contributed by atoms with Gasteiger partial charge >= 0.3 is 6.18 Å². The second-order valence-corrected chi connectivity index (χ2v) is 6.95. The van der Waals surface area contributed by atoms with Crippen LogP contribution >= 0.6 is 11.8 Å². The number of anilines is 1. The van der Waals surface area contributed by atoms with Crippen molar-refractivity contribution in [2.24, 2.45) is 0 Å². The molecule has 0 aliphatic carbocycles. The molecule has 1 aromatic heterocycles. The summed E-state index contributed by atoms with van der Waals surface area (Å²) in [4.78, 5) is 23.6. The maximum Gasteiger partial charge on any atom is 0.416 e. The predicted molar refractivity (Wildman–Crippen MR) is 102 cm³/mol. The Morgan fingerprint density at radius 1 is 1.14 bits per heavy atom. The van der Waals surface area contributed by atoms with Crippen LogP contribution in [-0.2, 0) is 11.0 Å². The van der Waals surface area contributed by atoms with E-state index in [0.717, 1.165) is 23.9 Å². The van der Waals surface area contributed by atoms with E-state index in [1.165, 1.54) is 25.4 Å². The number of carbonyl (C=O) groups is 2. The van der Waals surface area contributed by atoms with Crippen molar-refractivity contribution in [2.45, 2.75) is 18.3 Å². The molecule has 0 fully saturated rings. The zero-order chi connectivity index (χ0) is 21.0. The third-order valence-corrected chi connectivity index (χ3v) is 4.75. The molecule has 0 saturated heterocycles. The largest absolute Gasteiger partial charge is 0.416 e. The fourth-order valence-electron chi connectivity index (χ4n) is 2.52. The number of thioether (sulfide) groups is 1. The standard InChI is InChI=1S/C19H15F3N4O2S/c1-12(27)24-15-6-3-7-16(9-15)26-11-23-25-18(26)29-10-17(28)13-4-2-5-14(8-13)19(20,21)22/h2-9,11H,10H2,1H3,(H,24,27). The van der Waals surface area contributed by atoms with E-state index in [1.54, 1.807) is 28.8 Å². The molecule has 0 unspecified atom stereocenters. The molecular weight excluding hydrogens is 405 g/mol. The lowest BCUT2D eigenvalue weighted by atomic mass is 10.1. The highest BCUT2D eigenvalue weighted by Gasteiger charge is 2.30. The van der Waals surface area contributed by atoms with Gasteiger partial charge in [-0.05, 0) is 30.3 Å². The van der Waals surface area contributed by atoms with Gasteiger partial charge in [0.2, 0.25) is 5.91 Å². The highest BCUT2D eigenvalue weighted by Crippen LogP contribution is 2.30. The van der Waals surface area contributed by atoms with Crippen LogP contribution in [0.2, 0.25) is 0 Å². The van der Waals surface area contributed by atoms with Crippen LogP contribution in [0.5, 0.6) is 0 Å². The fourth-order valence-corrected chi connectivity index (χ4v) is 3.34. The smallest absolute Gasteiger partial charge is 0.326 e. The summed E-state index contributed by atoms with van der Waals surface area (Å²) in [5.41, 5.74) is 0.354. The average Bonchev–Trinajstić information content (AvgIpc) is 3.14. The van der Waals surface area contributed by atoms with Crippen LogP contribution in [0.25, 0.3) is 5.69 Å². The van der Waals surface area contributed by atoms with E-state index in [0.29, 0.717) is 16.5 Å². The Balaban J connectivity index is 1.74. The van der Waals surface area contributed by atoms with Gasteiger partial charge in [-0.3, -0.25) is 14.2 Å². The van der Waals surface area contributed by atoms with Crippen molar-refractivity contribution in [3.63, 3.8) is 0 Å². The first-order valence-electron chi connectivity index (χ1n) is 8.35. The number of hydrogen-bond acceptors (Lipinski definition) is 5. The molecule has 0 spiro atoms. The number of amides is 1. The molecule has 10 heteroatoms. The first kappa shape index (κ1) is 20.6. The van der Waals surface area contributed by atoms with Crippen LogP contribution in [0, 0.1) is 0 Å². The van der Waals surface area contributed by atoms with E-state index in [-0.39, 0.29) is 17.2 Å². The van der Waals surface area contributed by atoms with Crippen LogP contribution in [-0.4, -0.2) is 32.2 Å². The summed E-state index contributed by atoms with van der Waals surface area (Å²) in [7, 11) is 0. The number of halogens is 3. The zero-order valence-electron chi connectivity index (χ0n) is 15.1. The molecule has 1 amide bonds. The summed E-state index contributed by atoms with van der Waals surface area (Å²) in [6, 6.07) is 11.3. The molecule has 3 aromatic rings. The number of benzene rings is 2. The van der Waals surface area contributed by atoms with E-state index in [4.69, 9.17) is 0 Å². The van der Waals surface area contributed by atoms with Crippen molar-refractivity contribution in [1.82, 2.24) is 14.8 Å². The van der Waals surface area contributed by atoms with Gasteiger partial charge in [-0.2, -0.15) is 13.2 Å². The van der Waals surface area contributed by atoms with Crippen LogP contribution in [0.3, 0.4) is 0 Å². The van der Waals surface area contributed by atoms with E-state index in [1.807, 2.05) is 0 Å². The van der Waals surface area contributed by atoms with Gasteiger partial charge in [-0.1, -0.05) is 30.0 Å². The summed E-state index contributed by atoms with van der Waals surface area (Å²) in [5.74, 6) is -0.777. The third-order valence-electron chi connectivity index (χ3n) is 3.81. The Hall–Kier alpha value is -3.14. The first-order chi connectivity index (χ1) is 13.7. The molecule has 0 radical (unpaired) electrons. The van der Waals surface area contributed by atoms with Crippen LogP contribution < -0.4 is 5.32 Å². The molecule has 0 aliphatic rings. The van der Waals surface area contributed by atoms with Gasteiger partial charge in [0.05, 0.1) is 17.0 Å². The lowest BCUT2D eigenvalue weighted by Gasteiger charge is -2.09. The van der Waals surface area contributed by atoms with Crippen molar-refractivity contribution < 1.29 is 22.8 Å². The van der Waals surface area contributed by atoms with E-state index in [9.17, 15) is 22.8 Å². The number of hydrogen-bond donors (Lipinski definition) is 1. The molecule has 6 nitrogen and oxygen atoms in total. The summed E-state index contributed by atoms with van der Waals surface area (Å²) in [6.45, 7) is 1.39. The van der Waals surface area contributed by atoms with Crippen molar-refractivity contribution >= 4 is 29.1 Å². The third kappa shape index (κ3) is 5.23. The number of Topliss-reactive ketones (excluding diaryl/α,β-unsaturated/α-hetero) is 1. The topological polar surface area (TPSA) is 76.9 Å². The summed E-state index contributed by atoms with van der Waals surface area (Å²) in [6.07, 6.45) is -3.06. The maximum absolute atomic E-state index is 12.8. The SMILES string of the molecule is CC(=O)Nc1cccc(-n2cnnc2SCC(=O)c2cccc(C(F)(F)F)c2)c1. The van der Waals surface area contributed by atoms with Crippen molar-refractivity contribution in [2.75, 3.05) is 11.1 Å². The Labute approximate surface area is 168 Å². The molecule has 1 N–H and O–H groups in total. The van der Waals surface area contributed by atoms with Crippen LogP contribution in [0.1, 0.15) is 22.8 Å². The normalized spacial score (nSPS) is 11.3. The summed E-state index contributed by atoms with van der Waals surface area (Å²) >= 11 is 1.06. The number of nitrogens with one attached hydrogen (secondary N) is 1. The number of aromatic nitrogens is 3. The number of rotatable bonds is 6. The fraction of sp³-hybridized carbons (Fsp3) is 0.158. The van der Waals surface area contributed by atoms with Gasteiger partial charge in [0, 0.05) is 18.2 Å². The Bertz CT molecular complexity index is 1050. The molecule has 0 saturated carbocycles. The van der Waals surface area contributed by atoms with E-state index >= 15 is 0 Å². The lowest BCUT2D eigenvalue weighted by molar-refractivity contribution is -0.137. The minimum absolute atomic E-state index is 0.0222. The lowest BCUT2D eigenvalue weighted by Crippen LogP contribution is -2.09. The molecule has 0 bridgehead atoms. The quantitative estimate of drug-likeness (QED) is 0.477. The van der Waals surface area contributed by atoms with Gasteiger partial charge in [0.1, 0.15) is 6.33 Å². The second kappa shape index (κ2) is 8.48. The average molecular weight is 420 g/mol. The van der Waals surface area contributed by atoms with Crippen molar-refractivity contribution in [3.8, 4) is 5.69 Å². The van der Waals surface area contributed by atoms with Gasteiger partial charge in [-0.25, -0.2) is 0 Å². The minimum Gasteiger partial charge on any atom is -0.326 e. The molecule has 150 valence electrons. The van der Waals surface area contributed by atoms with Gasteiger partial charge in [0.25, 0.3) is 0 Å². The molecule has 0 atom stereocenters. The molecule has 29 heavy (non-hydrogen) atoms. The highest BCUT2D eigenvalue weighted by atomic mass is 32.2. The number of nitrogens with zero attached hydrogens (tertiary/aromatic N) is 3. The van der Waals surface area contributed by atoms with E-state index in [2.05, 4.69) is 15.5 Å². The number of carbonyl (C=O) groups excluding carboxylic acids is 2. The Morgan fingerprint density at radius 3 is 2.62 bits per heavy atom. The van der Waals surface area contributed by atoms with Gasteiger partial charge in [-0.15, -0.1) is 10.2 Å². The number of ketones is 1. The zero-order valence-corrected chi connectivity index (χ0v) is 15.9. The Morgan fingerprint density at radius 2 is 1.90 bits per heavy atom. The molecule has 2 aromatic carbocycles. The molecule has 3 rings (SSSR count). The predicted octanol–water partition coefficient (Wildman–Crippen LogP) is 4.22. The van der Waals surface area contributed by atoms with E-state index < -0.39 is 17.5 Å².